The van der Waals surface area contributed by atoms with Crippen molar-refractivity contribution in [2.24, 2.45) is 0 Å². The van der Waals surface area contributed by atoms with Gasteiger partial charge in [-0.15, -0.1) is 11.8 Å². The second-order valence-corrected chi connectivity index (χ2v) is 11.5. The van der Waals surface area contributed by atoms with E-state index in [2.05, 4.69) is 16.3 Å². The van der Waals surface area contributed by atoms with Crippen LogP contribution < -0.4 is 10.7 Å². The van der Waals surface area contributed by atoms with Crippen LogP contribution in [0.4, 0.5) is 0 Å². The smallest absolute Gasteiger partial charge is 0.257 e. The molecule has 3 aromatic carbocycles. The van der Waals surface area contributed by atoms with Crippen molar-refractivity contribution in [3.8, 4) is 0 Å². The molecule has 2 heterocycles. The van der Waals surface area contributed by atoms with Gasteiger partial charge in [0.2, 0.25) is 5.43 Å². The number of halogens is 2. The summed E-state index contributed by atoms with van der Waals surface area (Å²) in [6.07, 6.45) is 1.69. The maximum atomic E-state index is 13.6. The minimum atomic E-state index is -0.394. The summed E-state index contributed by atoms with van der Waals surface area (Å²) in [4.78, 5) is 30.3. The number of hydrogen-bond acceptors (Lipinski definition) is 5. The van der Waals surface area contributed by atoms with Crippen molar-refractivity contribution in [2.45, 2.75) is 24.5 Å². The van der Waals surface area contributed by atoms with E-state index < -0.39 is 5.91 Å². The molecule has 0 saturated carbocycles. The molecule has 1 aliphatic rings. The Morgan fingerprint density at radius 1 is 0.923 bits per heavy atom. The first-order valence-electron chi connectivity index (χ1n) is 12.8. The van der Waals surface area contributed by atoms with Gasteiger partial charge in [-0.25, -0.2) is 0 Å². The molecule has 0 radical (unpaired) electrons. The van der Waals surface area contributed by atoms with Crippen LogP contribution in [0.25, 0.3) is 10.9 Å². The van der Waals surface area contributed by atoms with Crippen LogP contribution in [-0.2, 0) is 24.4 Å². The largest absolute Gasteiger partial charge is 0.379 e. The highest BCUT2D eigenvalue weighted by Crippen LogP contribution is 2.22. The number of aryl methyl sites for hydroxylation is 1. The average molecular weight is 583 g/mol. The highest BCUT2D eigenvalue weighted by atomic mass is 35.5. The van der Waals surface area contributed by atoms with Crippen molar-refractivity contribution in [1.82, 2.24) is 14.8 Å². The molecule has 1 amide bonds. The monoisotopic (exact) mass is 581 g/mol. The summed E-state index contributed by atoms with van der Waals surface area (Å²) in [6, 6.07) is 21.0. The van der Waals surface area contributed by atoms with E-state index in [9.17, 15) is 9.59 Å². The summed E-state index contributed by atoms with van der Waals surface area (Å²) in [6.45, 7) is 4.81. The average Bonchev–Trinajstić information content (AvgIpc) is 2.95. The van der Waals surface area contributed by atoms with E-state index in [1.54, 1.807) is 30.1 Å². The first kappa shape index (κ1) is 27.7. The molecule has 9 heteroatoms. The Balaban J connectivity index is 1.41. The number of aromatic nitrogens is 1. The van der Waals surface area contributed by atoms with Gasteiger partial charge < -0.3 is 14.6 Å². The molecule has 1 aliphatic heterocycles. The number of carbonyl (C=O) groups excluding carboxylic acids is 1. The fourth-order valence-electron chi connectivity index (χ4n) is 4.58. The number of nitrogens with zero attached hydrogens (tertiary/aromatic N) is 2. The molecule has 0 spiro atoms. The highest BCUT2D eigenvalue weighted by Gasteiger charge is 2.17. The minimum absolute atomic E-state index is 0.136. The third-order valence-electron chi connectivity index (χ3n) is 6.68. The van der Waals surface area contributed by atoms with Gasteiger partial charge in [0.15, 0.2) is 0 Å². The van der Waals surface area contributed by atoms with E-state index in [1.165, 1.54) is 0 Å². The Bertz CT molecular complexity index is 1500. The van der Waals surface area contributed by atoms with Crippen LogP contribution >= 0.6 is 35.0 Å². The lowest BCUT2D eigenvalue weighted by Crippen LogP contribution is -2.35. The maximum Gasteiger partial charge on any atom is 0.257 e. The van der Waals surface area contributed by atoms with Gasteiger partial charge in [0.1, 0.15) is 5.56 Å². The van der Waals surface area contributed by atoms with Crippen molar-refractivity contribution >= 4 is 51.8 Å². The normalized spacial score (nSPS) is 14.0. The van der Waals surface area contributed by atoms with Gasteiger partial charge in [-0.1, -0.05) is 41.4 Å². The van der Waals surface area contributed by atoms with E-state index in [-0.39, 0.29) is 11.0 Å². The molecule has 5 rings (SSSR count). The van der Waals surface area contributed by atoms with E-state index in [0.717, 1.165) is 46.9 Å². The number of pyridine rings is 1. The Hall–Kier alpha value is -2.81. The van der Waals surface area contributed by atoms with Gasteiger partial charge in [-0.3, -0.25) is 14.5 Å². The summed E-state index contributed by atoms with van der Waals surface area (Å²) in [7, 11) is 0. The van der Waals surface area contributed by atoms with Crippen molar-refractivity contribution in [3.05, 3.63) is 110 Å². The number of amides is 1. The molecule has 0 unspecified atom stereocenters. The molecule has 1 saturated heterocycles. The zero-order chi connectivity index (χ0) is 27.2. The highest BCUT2D eigenvalue weighted by molar-refractivity contribution is 7.99. The molecule has 1 aromatic heterocycles. The quantitative estimate of drug-likeness (QED) is 0.251. The molecule has 202 valence electrons. The number of morpholine rings is 1. The lowest BCUT2D eigenvalue weighted by atomic mass is 10.1. The van der Waals surface area contributed by atoms with Gasteiger partial charge in [0.25, 0.3) is 5.91 Å². The Morgan fingerprint density at radius 2 is 1.59 bits per heavy atom. The summed E-state index contributed by atoms with van der Waals surface area (Å²) in [5.74, 6) is 0.371. The van der Waals surface area contributed by atoms with Crippen molar-refractivity contribution in [3.63, 3.8) is 0 Å². The van der Waals surface area contributed by atoms with Gasteiger partial charge >= 0.3 is 0 Å². The number of fused-ring (bicyclic) bond motifs is 1. The first-order chi connectivity index (χ1) is 19.0. The predicted octanol–water partition coefficient (Wildman–Crippen LogP) is 5.86. The van der Waals surface area contributed by atoms with E-state index in [0.29, 0.717) is 41.7 Å². The van der Waals surface area contributed by atoms with Gasteiger partial charge in [-0.05, 0) is 59.7 Å². The second kappa shape index (κ2) is 13.0. The fraction of sp³-hybridized carbons (Fsp3) is 0.267. The van der Waals surface area contributed by atoms with E-state index in [4.69, 9.17) is 27.9 Å². The predicted molar refractivity (Wildman–Crippen MR) is 159 cm³/mol. The molecule has 0 bridgehead atoms. The number of thioether (sulfide) groups is 1. The summed E-state index contributed by atoms with van der Waals surface area (Å²) in [5, 5.41) is 4.79. The molecule has 0 atom stereocenters. The molecule has 1 fully saturated rings. The molecule has 6 nitrogen and oxygen atoms in total. The van der Waals surface area contributed by atoms with Crippen LogP contribution in [0.2, 0.25) is 10.0 Å². The van der Waals surface area contributed by atoms with Crippen LogP contribution in [0.3, 0.4) is 0 Å². The van der Waals surface area contributed by atoms with Gasteiger partial charge in [-0.2, -0.15) is 0 Å². The molecular weight excluding hydrogens is 553 g/mol. The number of ether oxygens (including phenoxy) is 1. The number of hydrogen-bond donors (Lipinski definition) is 1. The van der Waals surface area contributed by atoms with Crippen LogP contribution in [0.15, 0.2) is 82.6 Å². The third kappa shape index (κ3) is 7.24. The summed E-state index contributed by atoms with van der Waals surface area (Å²) >= 11 is 13.7. The third-order valence-corrected chi connectivity index (χ3v) is 8.18. The fourth-order valence-corrected chi connectivity index (χ4v) is 5.68. The second-order valence-electron chi connectivity index (χ2n) is 9.42. The number of carbonyl (C=O) groups is 1. The number of nitrogens with one attached hydrogen (secondary N) is 1. The lowest BCUT2D eigenvalue weighted by Gasteiger charge is -2.26. The van der Waals surface area contributed by atoms with E-state index in [1.807, 2.05) is 53.1 Å². The zero-order valence-electron chi connectivity index (χ0n) is 21.4. The summed E-state index contributed by atoms with van der Waals surface area (Å²) < 4.78 is 7.48. The van der Waals surface area contributed by atoms with Crippen LogP contribution in [0, 0.1) is 0 Å². The summed E-state index contributed by atoms with van der Waals surface area (Å²) in [5.41, 5.74) is 2.64. The topological polar surface area (TPSA) is 63.6 Å². The lowest BCUT2D eigenvalue weighted by molar-refractivity contribution is 0.0342. The molecule has 0 aliphatic carbocycles. The SMILES string of the molecule is O=C(NCc1ccc(Cl)cc1)c1cn(CCSc2ccc(Cl)cc2)c2ccc(CN3CCOCC3)cc2c1=O. The van der Waals surface area contributed by atoms with Crippen molar-refractivity contribution in [1.29, 1.82) is 0 Å². The van der Waals surface area contributed by atoms with Crippen LogP contribution in [-0.4, -0.2) is 47.4 Å². The van der Waals surface area contributed by atoms with Crippen LogP contribution in [0.5, 0.6) is 0 Å². The molecule has 39 heavy (non-hydrogen) atoms. The van der Waals surface area contributed by atoms with Crippen LogP contribution in [0.1, 0.15) is 21.5 Å². The van der Waals surface area contributed by atoms with Crippen molar-refractivity contribution in [2.75, 3.05) is 32.1 Å². The Labute approximate surface area is 241 Å². The van der Waals surface area contributed by atoms with Crippen molar-refractivity contribution < 1.29 is 9.53 Å². The standard InChI is InChI=1S/C30H29Cl2N3O3S/c31-23-4-1-21(2-5-23)18-33-30(37)27-20-35(13-16-39-25-8-6-24(32)7-9-25)28-10-3-22(17-26(28)29(27)36)19-34-11-14-38-15-12-34/h1-10,17,20H,11-16,18-19H2,(H,33,37). The molecular formula is C30H29Cl2N3O3S. The molecule has 1 N–H and O–H groups in total. The zero-order valence-corrected chi connectivity index (χ0v) is 23.7. The first-order valence-corrected chi connectivity index (χ1v) is 14.6. The van der Waals surface area contributed by atoms with Gasteiger partial charge in [0, 0.05) is 65.0 Å². The molecule has 4 aromatic rings. The maximum absolute atomic E-state index is 13.6. The van der Waals surface area contributed by atoms with Gasteiger partial charge in [0.05, 0.1) is 18.7 Å². The van der Waals surface area contributed by atoms with E-state index >= 15 is 0 Å². The minimum Gasteiger partial charge on any atom is -0.379 e. The number of rotatable bonds is 9. The Morgan fingerprint density at radius 3 is 2.31 bits per heavy atom. The number of benzene rings is 3. The Kier molecular flexibility index (Phi) is 9.27.